The highest BCUT2D eigenvalue weighted by atomic mass is 32.1. The van der Waals surface area contributed by atoms with Gasteiger partial charge in [0.2, 0.25) is 0 Å². The van der Waals surface area contributed by atoms with Crippen molar-refractivity contribution in [2.45, 2.75) is 51.4 Å². The Bertz CT molecular complexity index is 292. The van der Waals surface area contributed by atoms with E-state index in [0.29, 0.717) is 0 Å². The van der Waals surface area contributed by atoms with E-state index in [0.717, 1.165) is 0 Å². The van der Waals surface area contributed by atoms with Crippen LogP contribution >= 0.6 is 11.3 Å². The molecule has 1 aromatic rings. The van der Waals surface area contributed by atoms with Crippen LogP contribution in [0.5, 0.6) is 0 Å². The summed E-state index contributed by atoms with van der Waals surface area (Å²) in [6.07, 6.45) is 11.3. The topological polar surface area (TPSA) is 0 Å². The van der Waals surface area contributed by atoms with Crippen molar-refractivity contribution in [3.8, 4) is 0 Å². The molecule has 2 aliphatic carbocycles. The summed E-state index contributed by atoms with van der Waals surface area (Å²) in [7, 11) is 0. The molecule has 0 atom stereocenters. The third kappa shape index (κ3) is 1.25. The lowest BCUT2D eigenvalue weighted by atomic mass is 10.1. The zero-order chi connectivity index (χ0) is 8.67. The molecule has 0 saturated heterocycles. The predicted molar refractivity (Wildman–Crippen MR) is 57.6 cm³/mol. The first-order chi connectivity index (χ1) is 6.45. The second-order valence-electron chi connectivity index (χ2n) is 4.32. The molecule has 0 aromatic carbocycles. The molecule has 0 N–H and O–H groups in total. The minimum absolute atomic E-state index is 1.38. The molecule has 13 heavy (non-hydrogen) atoms. The van der Waals surface area contributed by atoms with Gasteiger partial charge in [0.1, 0.15) is 0 Å². The molecule has 0 saturated carbocycles. The van der Waals surface area contributed by atoms with E-state index in [9.17, 15) is 0 Å². The third-order valence-electron chi connectivity index (χ3n) is 3.45. The lowest BCUT2D eigenvalue weighted by Gasteiger charge is -2.15. The van der Waals surface area contributed by atoms with Crippen LogP contribution in [0.2, 0.25) is 0 Å². The van der Waals surface area contributed by atoms with E-state index < -0.39 is 0 Å². The molecule has 70 valence electrons. The molecule has 0 fully saturated rings. The number of hydrogen-bond acceptors (Lipinski definition) is 1. The largest absolute Gasteiger partial charge is 0.145 e. The molecular formula is C12H16S. The molecule has 2 aliphatic rings. The van der Waals surface area contributed by atoms with Crippen LogP contribution in [-0.2, 0) is 25.7 Å². The molecular weight excluding hydrogens is 178 g/mol. The van der Waals surface area contributed by atoms with E-state index in [1.165, 1.54) is 51.4 Å². The normalized spacial score (nSPS) is 20.9. The molecule has 1 aromatic heterocycles. The van der Waals surface area contributed by atoms with Gasteiger partial charge in [-0.15, -0.1) is 11.3 Å². The van der Waals surface area contributed by atoms with E-state index in [1.807, 2.05) is 0 Å². The van der Waals surface area contributed by atoms with Crippen LogP contribution in [0.3, 0.4) is 0 Å². The number of fused-ring (bicyclic) bond motifs is 3. The SMILES string of the molecule is C1CC[13c]2c(sc3[13c]2CCCC3)C1. The number of thiophene rings is 1. The summed E-state index contributed by atoms with van der Waals surface area (Å²) >= 11 is 2.14. The standard InChI is InChI=1S/C12H16S/c1-3-7-11-9(5-1)10-6-2-4-8-12(10)13-11/h1-8H2/i9+1,10+1. The highest BCUT2D eigenvalue weighted by Crippen LogP contribution is 2.38. The predicted octanol–water partition coefficient (Wildman–Crippen LogP) is 3.51. The quantitative estimate of drug-likeness (QED) is 0.593. The Morgan fingerprint density at radius 3 is 1.62 bits per heavy atom. The van der Waals surface area contributed by atoms with Crippen LogP contribution < -0.4 is 0 Å². The van der Waals surface area contributed by atoms with Gasteiger partial charge >= 0.3 is 0 Å². The van der Waals surface area contributed by atoms with Crippen molar-refractivity contribution < 1.29 is 0 Å². The third-order valence-corrected chi connectivity index (χ3v) is 4.84. The monoisotopic (exact) mass is 194 g/mol. The van der Waals surface area contributed by atoms with Gasteiger partial charge in [0.15, 0.2) is 0 Å². The van der Waals surface area contributed by atoms with Crippen LogP contribution in [0.25, 0.3) is 0 Å². The van der Waals surface area contributed by atoms with E-state index >= 15 is 0 Å². The van der Waals surface area contributed by atoms with Crippen LogP contribution in [0, 0.1) is 0 Å². The average Bonchev–Trinajstić information content (AvgIpc) is 2.56. The fraction of sp³-hybridized carbons (Fsp3) is 0.667. The van der Waals surface area contributed by atoms with E-state index in [1.54, 1.807) is 20.9 Å². The summed E-state index contributed by atoms with van der Waals surface area (Å²) in [5.74, 6) is 0. The first-order valence-corrected chi connectivity index (χ1v) is 6.39. The summed E-state index contributed by atoms with van der Waals surface area (Å²) in [5.41, 5.74) is 3.57. The smallest absolute Gasteiger partial charge is 0.00830 e. The molecule has 0 radical (unpaired) electrons. The maximum atomic E-state index is 2.14. The molecule has 1 heteroatoms. The summed E-state index contributed by atoms with van der Waals surface area (Å²) in [5, 5.41) is 0. The van der Waals surface area contributed by atoms with Crippen LogP contribution in [-0.4, -0.2) is 0 Å². The fourth-order valence-corrected chi connectivity index (χ4v) is 4.25. The Labute approximate surface area is 84.0 Å². The fourth-order valence-electron chi connectivity index (χ4n) is 2.77. The van der Waals surface area contributed by atoms with Crippen molar-refractivity contribution in [1.29, 1.82) is 0 Å². The van der Waals surface area contributed by atoms with Crippen molar-refractivity contribution in [3.05, 3.63) is 20.9 Å². The van der Waals surface area contributed by atoms with Gasteiger partial charge in [-0.05, 0) is 62.5 Å². The van der Waals surface area contributed by atoms with Gasteiger partial charge < -0.3 is 0 Å². The number of aryl methyl sites for hydroxylation is 2. The molecule has 0 amide bonds. The summed E-state index contributed by atoms with van der Waals surface area (Å²) in [4.78, 5) is 3.50. The Morgan fingerprint density at radius 1 is 0.615 bits per heavy atom. The Hall–Kier alpha value is -0.300. The van der Waals surface area contributed by atoms with Crippen LogP contribution in [0.1, 0.15) is 46.6 Å². The van der Waals surface area contributed by atoms with Gasteiger partial charge in [-0.3, -0.25) is 0 Å². The Kier molecular flexibility index (Phi) is 1.93. The van der Waals surface area contributed by atoms with Crippen LogP contribution in [0.15, 0.2) is 0 Å². The Morgan fingerprint density at radius 2 is 1.08 bits per heavy atom. The van der Waals surface area contributed by atoms with Gasteiger partial charge in [0, 0.05) is 9.75 Å². The summed E-state index contributed by atoms with van der Waals surface area (Å²) < 4.78 is 0. The van der Waals surface area contributed by atoms with Gasteiger partial charge in [0.05, 0.1) is 0 Å². The molecule has 0 unspecified atom stereocenters. The molecule has 0 spiro atoms. The molecule has 1 heterocycles. The highest BCUT2D eigenvalue weighted by Gasteiger charge is 2.21. The minimum Gasteiger partial charge on any atom is -0.145 e. The average molecular weight is 194 g/mol. The zero-order valence-corrected chi connectivity index (χ0v) is 8.88. The maximum absolute atomic E-state index is 2.14. The molecule has 0 aliphatic heterocycles. The zero-order valence-electron chi connectivity index (χ0n) is 8.07. The molecule has 3 rings (SSSR count). The van der Waals surface area contributed by atoms with Crippen molar-refractivity contribution >= 4 is 11.3 Å². The lowest BCUT2D eigenvalue weighted by Crippen LogP contribution is -2.04. The van der Waals surface area contributed by atoms with Gasteiger partial charge in [0.25, 0.3) is 0 Å². The van der Waals surface area contributed by atoms with Crippen molar-refractivity contribution in [3.63, 3.8) is 0 Å². The summed E-state index contributed by atoms with van der Waals surface area (Å²) in [6, 6.07) is 0. The van der Waals surface area contributed by atoms with Gasteiger partial charge in [-0.1, -0.05) is 0 Å². The first-order valence-electron chi connectivity index (χ1n) is 5.57. The van der Waals surface area contributed by atoms with E-state index in [-0.39, 0.29) is 0 Å². The number of hydrogen-bond donors (Lipinski definition) is 0. The molecule has 0 nitrogen and oxygen atoms in total. The van der Waals surface area contributed by atoms with Crippen molar-refractivity contribution in [2.75, 3.05) is 0 Å². The highest BCUT2D eigenvalue weighted by molar-refractivity contribution is 7.12. The van der Waals surface area contributed by atoms with E-state index in [2.05, 4.69) is 11.3 Å². The van der Waals surface area contributed by atoms with Crippen molar-refractivity contribution in [1.82, 2.24) is 0 Å². The van der Waals surface area contributed by atoms with Crippen LogP contribution in [0.4, 0.5) is 0 Å². The minimum atomic E-state index is 1.38. The lowest BCUT2D eigenvalue weighted by molar-refractivity contribution is 0.661. The summed E-state index contributed by atoms with van der Waals surface area (Å²) in [6.45, 7) is 0. The maximum Gasteiger partial charge on any atom is 0.00830 e. The second kappa shape index (κ2) is 3.13. The second-order valence-corrected chi connectivity index (χ2v) is 5.51. The van der Waals surface area contributed by atoms with Gasteiger partial charge in [-0.2, -0.15) is 0 Å². The van der Waals surface area contributed by atoms with Gasteiger partial charge in [-0.25, -0.2) is 0 Å². The molecule has 0 bridgehead atoms. The van der Waals surface area contributed by atoms with Crippen molar-refractivity contribution in [2.24, 2.45) is 0 Å². The first kappa shape index (κ1) is 8.05. The van der Waals surface area contributed by atoms with E-state index in [4.69, 9.17) is 0 Å². The number of rotatable bonds is 0. The Balaban J connectivity index is 2.09.